The van der Waals surface area contributed by atoms with Crippen molar-refractivity contribution in [2.75, 3.05) is 6.61 Å². The molecule has 0 aliphatic carbocycles. The van der Waals surface area contributed by atoms with E-state index in [2.05, 4.69) is 4.98 Å². The van der Waals surface area contributed by atoms with Crippen LogP contribution in [-0.4, -0.2) is 11.6 Å². The van der Waals surface area contributed by atoms with E-state index in [-0.39, 0.29) is 5.43 Å². The summed E-state index contributed by atoms with van der Waals surface area (Å²) in [6.07, 6.45) is 0. The van der Waals surface area contributed by atoms with Crippen molar-refractivity contribution in [3.63, 3.8) is 0 Å². The number of rotatable bonds is 2. The van der Waals surface area contributed by atoms with Crippen molar-refractivity contribution in [3.8, 4) is 5.75 Å². The summed E-state index contributed by atoms with van der Waals surface area (Å²) in [6, 6.07) is 3.47. The molecule has 17 heavy (non-hydrogen) atoms. The van der Waals surface area contributed by atoms with Gasteiger partial charge in [-0.25, -0.2) is 0 Å². The van der Waals surface area contributed by atoms with Crippen molar-refractivity contribution < 1.29 is 4.74 Å². The van der Waals surface area contributed by atoms with Gasteiger partial charge < -0.3 is 9.72 Å². The van der Waals surface area contributed by atoms with Crippen molar-refractivity contribution in [3.05, 3.63) is 38.6 Å². The minimum atomic E-state index is -0.0257. The van der Waals surface area contributed by atoms with E-state index >= 15 is 0 Å². The molecule has 0 fully saturated rings. The Morgan fingerprint density at radius 1 is 1.35 bits per heavy atom. The highest BCUT2D eigenvalue weighted by Gasteiger charge is 2.13. The van der Waals surface area contributed by atoms with Crippen molar-refractivity contribution in [2.24, 2.45) is 0 Å². The van der Waals surface area contributed by atoms with Gasteiger partial charge in [0, 0.05) is 11.3 Å². The van der Waals surface area contributed by atoms with E-state index in [1.54, 1.807) is 19.1 Å². The fourth-order valence-corrected chi connectivity index (χ4v) is 2.03. The first-order valence-electron chi connectivity index (χ1n) is 5.50. The number of hydrogen-bond donors (Lipinski definition) is 1. The van der Waals surface area contributed by atoms with Gasteiger partial charge in [0.25, 0.3) is 0 Å². The molecule has 1 aromatic carbocycles. The number of aryl methyl sites for hydroxylation is 1. The molecule has 4 heteroatoms. The number of nitrogens with one attached hydrogen (secondary N) is 1. The van der Waals surface area contributed by atoms with E-state index in [4.69, 9.17) is 16.3 Å². The molecule has 0 aliphatic heterocycles. The zero-order valence-corrected chi connectivity index (χ0v) is 10.8. The molecule has 0 atom stereocenters. The number of ether oxygens (including phenoxy) is 1. The second-order valence-electron chi connectivity index (χ2n) is 3.93. The van der Waals surface area contributed by atoms with Gasteiger partial charge in [0.2, 0.25) is 0 Å². The molecular formula is C13H14ClNO2. The third-order valence-electron chi connectivity index (χ3n) is 2.86. The van der Waals surface area contributed by atoms with Crippen LogP contribution in [0, 0.1) is 13.8 Å². The van der Waals surface area contributed by atoms with Crippen LogP contribution in [0.25, 0.3) is 10.9 Å². The minimum Gasteiger partial charge on any atom is -0.493 e. The molecule has 0 saturated heterocycles. The van der Waals surface area contributed by atoms with E-state index in [1.807, 2.05) is 13.8 Å². The quantitative estimate of drug-likeness (QED) is 0.891. The van der Waals surface area contributed by atoms with Crippen LogP contribution in [0.4, 0.5) is 0 Å². The summed E-state index contributed by atoms with van der Waals surface area (Å²) in [7, 11) is 0. The minimum absolute atomic E-state index is 0.0257. The van der Waals surface area contributed by atoms with Crippen molar-refractivity contribution in [1.82, 2.24) is 4.98 Å². The fourth-order valence-electron chi connectivity index (χ4n) is 1.82. The molecule has 0 aliphatic rings. The fraction of sp³-hybridized carbons (Fsp3) is 0.308. The van der Waals surface area contributed by atoms with E-state index < -0.39 is 0 Å². The number of fused-ring (bicyclic) bond motifs is 1. The third-order valence-corrected chi connectivity index (χ3v) is 3.17. The molecule has 0 unspecified atom stereocenters. The average Bonchev–Trinajstić information content (AvgIpc) is 2.30. The number of benzene rings is 1. The molecule has 1 aromatic heterocycles. The first-order valence-corrected chi connectivity index (χ1v) is 5.88. The van der Waals surface area contributed by atoms with Gasteiger partial charge in [-0.2, -0.15) is 0 Å². The van der Waals surface area contributed by atoms with Crippen LogP contribution >= 0.6 is 11.6 Å². The summed E-state index contributed by atoms with van der Waals surface area (Å²) in [5, 5.41) is 1.06. The number of aromatic nitrogens is 1. The molecule has 2 aromatic rings. The number of halogens is 1. The van der Waals surface area contributed by atoms with Crippen LogP contribution in [-0.2, 0) is 0 Å². The van der Waals surface area contributed by atoms with Crippen LogP contribution in [0.5, 0.6) is 5.75 Å². The van der Waals surface area contributed by atoms with E-state index in [0.29, 0.717) is 33.8 Å². The first-order chi connectivity index (χ1) is 8.06. The average molecular weight is 252 g/mol. The lowest BCUT2D eigenvalue weighted by Gasteiger charge is -2.10. The second-order valence-corrected chi connectivity index (χ2v) is 4.34. The molecular weight excluding hydrogens is 238 g/mol. The lowest BCUT2D eigenvalue weighted by Crippen LogP contribution is -2.11. The van der Waals surface area contributed by atoms with E-state index in [9.17, 15) is 4.79 Å². The summed E-state index contributed by atoms with van der Waals surface area (Å²) in [6.45, 7) is 6.06. The summed E-state index contributed by atoms with van der Waals surface area (Å²) < 4.78 is 5.47. The Bertz CT molecular complexity index is 631. The molecule has 3 nitrogen and oxygen atoms in total. The predicted molar refractivity (Wildman–Crippen MR) is 70.2 cm³/mol. The lowest BCUT2D eigenvalue weighted by molar-refractivity contribution is 0.344. The highest BCUT2D eigenvalue weighted by molar-refractivity contribution is 6.35. The maximum Gasteiger partial charge on any atom is 0.196 e. The van der Waals surface area contributed by atoms with Crippen molar-refractivity contribution in [2.45, 2.75) is 20.8 Å². The van der Waals surface area contributed by atoms with E-state index in [1.165, 1.54) is 0 Å². The second kappa shape index (κ2) is 4.41. The third kappa shape index (κ3) is 1.91. The Labute approximate surface area is 104 Å². The van der Waals surface area contributed by atoms with Crippen molar-refractivity contribution in [1.29, 1.82) is 0 Å². The topological polar surface area (TPSA) is 42.1 Å². The lowest BCUT2D eigenvalue weighted by atomic mass is 10.1. The van der Waals surface area contributed by atoms with Gasteiger partial charge >= 0.3 is 0 Å². The zero-order valence-electron chi connectivity index (χ0n) is 10.1. The highest BCUT2D eigenvalue weighted by atomic mass is 35.5. The molecule has 0 amide bonds. The zero-order chi connectivity index (χ0) is 12.6. The number of pyridine rings is 1. The van der Waals surface area contributed by atoms with Crippen LogP contribution in [0.3, 0.4) is 0 Å². The molecule has 0 saturated carbocycles. The van der Waals surface area contributed by atoms with Gasteiger partial charge in [0.05, 0.1) is 22.5 Å². The van der Waals surface area contributed by atoms with Gasteiger partial charge in [-0.1, -0.05) is 11.6 Å². The monoisotopic (exact) mass is 251 g/mol. The number of hydrogen-bond acceptors (Lipinski definition) is 2. The Kier molecular flexibility index (Phi) is 3.11. The van der Waals surface area contributed by atoms with Crippen molar-refractivity contribution >= 4 is 22.5 Å². The Hall–Kier alpha value is -1.48. The molecule has 90 valence electrons. The van der Waals surface area contributed by atoms with Gasteiger partial charge in [0.1, 0.15) is 5.75 Å². The summed E-state index contributed by atoms with van der Waals surface area (Å²) in [4.78, 5) is 15.4. The van der Waals surface area contributed by atoms with Crippen LogP contribution in [0.1, 0.15) is 18.2 Å². The predicted octanol–water partition coefficient (Wildman–Crippen LogP) is 3.20. The summed E-state index contributed by atoms with van der Waals surface area (Å²) >= 11 is 6.10. The van der Waals surface area contributed by atoms with Gasteiger partial charge in [-0.3, -0.25) is 4.79 Å². The van der Waals surface area contributed by atoms with Crippen LogP contribution in [0.15, 0.2) is 16.9 Å². The smallest absolute Gasteiger partial charge is 0.196 e. The van der Waals surface area contributed by atoms with Gasteiger partial charge in [-0.05, 0) is 32.9 Å². The molecule has 1 heterocycles. The SMILES string of the molecule is CCOc1ccc(Cl)c2[nH]c(C)c(C)c(=O)c12. The van der Waals surface area contributed by atoms with Gasteiger partial charge in [0.15, 0.2) is 5.43 Å². The standard InChI is InChI=1S/C13H14ClNO2/c1-4-17-10-6-5-9(14)12-11(10)13(16)7(2)8(3)15-12/h5-6H,4H2,1-3H3,(H,15,16). The first kappa shape index (κ1) is 12.0. The summed E-state index contributed by atoms with van der Waals surface area (Å²) in [5.41, 5.74) is 2.15. The summed E-state index contributed by atoms with van der Waals surface area (Å²) in [5.74, 6) is 0.580. The van der Waals surface area contributed by atoms with Crippen LogP contribution < -0.4 is 10.2 Å². The Balaban J connectivity index is 2.94. The molecule has 2 rings (SSSR count). The van der Waals surface area contributed by atoms with Crippen LogP contribution in [0.2, 0.25) is 5.02 Å². The molecule has 1 N–H and O–H groups in total. The molecule has 0 spiro atoms. The maximum atomic E-state index is 12.2. The number of H-pyrrole nitrogens is 1. The Morgan fingerprint density at radius 2 is 2.06 bits per heavy atom. The normalized spacial score (nSPS) is 10.8. The Morgan fingerprint density at radius 3 is 2.71 bits per heavy atom. The largest absolute Gasteiger partial charge is 0.493 e. The molecule has 0 radical (unpaired) electrons. The van der Waals surface area contributed by atoms with E-state index in [0.717, 1.165) is 5.69 Å². The highest BCUT2D eigenvalue weighted by Crippen LogP contribution is 2.28. The number of aromatic amines is 1. The molecule has 0 bridgehead atoms. The maximum absolute atomic E-state index is 12.2. The van der Waals surface area contributed by atoms with Gasteiger partial charge in [-0.15, -0.1) is 0 Å².